The van der Waals surface area contributed by atoms with Gasteiger partial charge in [0.2, 0.25) is 0 Å². The summed E-state index contributed by atoms with van der Waals surface area (Å²) in [4.78, 5) is 12.3. The number of carbonyl (C=O) groups is 1. The molecule has 2 rings (SSSR count). The molecular weight excluding hydrogens is 380 g/mol. The summed E-state index contributed by atoms with van der Waals surface area (Å²) in [5.41, 5.74) is 2.12. The van der Waals surface area contributed by atoms with Crippen molar-refractivity contribution in [3.05, 3.63) is 39.5 Å². The summed E-state index contributed by atoms with van der Waals surface area (Å²) in [7, 11) is 0. The standard InChI is InChI=1S/C16H19BrN2O3S/c1-4-21-12-7-6-10(8-11(12)17)14-13(15(20)22-5-2)9(3)18-16(23)19-14/h6-8,14H,4-5H2,1-3H3,(H2,18,19,23)/t14-/m1/s1. The first-order chi connectivity index (χ1) is 11.0. The number of esters is 1. The highest BCUT2D eigenvalue weighted by Crippen LogP contribution is 2.33. The van der Waals surface area contributed by atoms with Crippen LogP contribution in [0.3, 0.4) is 0 Å². The van der Waals surface area contributed by atoms with Crippen LogP contribution in [0.1, 0.15) is 32.4 Å². The Morgan fingerprint density at radius 1 is 1.35 bits per heavy atom. The summed E-state index contributed by atoms with van der Waals surface area (Å²) in [6.45, 7) is 6.43. The fourth-order valence-electron chi connectivity index (χ4n) is 2.39. The zero-order valence-corrected chi connectivity index (χ0v) is 15.6. The topological polar surface area (TPSA) is 59.6 Å². The van der Waals surface area contributed by atoms with Gasteiger partial charge in [-0.2, -0.15) is 0 Å². The molecule has 5 nitrogen and oxygen atoms in total. The Labute approximate surface area is 149 Å². The molecular formula is C16H19BrN2O3S. The number of hydrogen-bond donors (Lipinski definition) is 2. The first-order valence-electron chi connectivity index (χ1n) is 7.35. The molecule has 0 spiro atoms. The average Bonchev–Trinajstić information content (AvgIpc) is 2.48. The molecule has 0 amide bonds. The summed E-state index contributed by atoms with van der Waals surface area (Å²) in [6.07, 6.45) is 0. The third-order valence-electron chi connectivity index (χ3n) is 3.35. The predicted molar refractivity (Wildman–Crippen MR) is 96.3 cm³/mol. The Morgan fingerprint density at radius 3 is 2.70 bits per heavy atom. The summed E-state index contributed by atoms with van der Waals surface area (Å²) >= 11 is 8.72. The molecule has 1 atom stereocenters. The molecule has 0 fully saturated rings. The summed E-state index contributed by atoms with van der Waals surface area (Å²) in [5.74, 6) is 0.397. The quantitative estimate of drug-likeness (QED) is 0.586. The molecule has 1 aliphatic rings. The molecule has 0 saturated carbocycles. The Balaban J connectivity index is 2.42. The van der Waals surface area contributed by atoms with Gasteiger partial charge in [0.15, 0.2) is 5.11 Å². The molecule has 1 aliphatic heterocycles. The number of benzene rings is 1. The third-order valence-corrected chi connectivity index (χ3v) is 4.19. The van der Waals surface area contributed by atoms with Gasteiger partial charge in [-0.05, 0) is 66.6 Å². The molecule has 1 aromatic rings. The average molecular weight is 399 g/mol. The minimum Gasteiger partial charge on any atom is -0.493 e. The van der Waals surface area contributed by atoms with E-state index in [-0.39, 0.29) is 12.0 Å². The molecule has 0 radical (unpaired) electrons. The highest BCUT2D eigenvalue weighted by Gasteiger charge is 2.31. The maximum absolute atomic E-state index is 12.3. The number of halogens is 1. The molecule has 2 N–H and O–H groups in total. The molecule has 1 aromatic carbocycles. The molecule has 0 saturated heterocycles. The highest BCUT2D eigenvalue weighted by molar-refractivity contribution is 9.10. The van der Waals surface area contributed by atoms with Gasteiger partial charge in [0, 0.05) is 5.70 Å². The normalized spacial score (nSPS) is 17.4. The molecule has 0 bridgehead atoms. The number of rotatable bonds is 5. The van der Waals surface area contributed by atoms with E-state index in [9.17, 15) is 4.79 Å². The zero-order valence-electron chi connectivity index (χ0n) is 13.2. The SMILES string of the molecule is CCOC(=O)C1=C(C)NC(=S)N[C@@H]1c1ccc(OCC)c(Br)c1. The van der Waals surface area contributed by atoms with Gasteiger partial charge in [-0.25, -0.2) is 4.79 Å². The van der Waals surface area contributed by atoms with Crippen LogP contribution in [0.4, 0.5) is 0 Å². The third kappa shape index (κ3) is 4.03. The Hall–Kier alpha value is -1.60. The molecule has 7 heteroatoms. The van der Waals surface area contributed by atoms with Crippen molar-refractivity contribution in [1.82, 2.24) is 10.6 Å². The molecule has 1 heterocycles. The van der Waals surface area contributed by atoms with E-state index in [1.165, 1.54) is 0 Å². The number of nitrogens with one attached hydrogen (secondary N) is 2. The molecule has 0 aromatic heterocycles. The second-order valence-corrected chi connectivity index (χ2v) is 6.18. The van der Waals surface area contributed by atoms with Crippen molar-refractivity contribution >= 4 is 39.2 Å². The van der Waals surface area contributed by atoms with Crippen molar-refractivity contribution in [3.63, 3.8) is 0 Å². The maximum atomic E-state index is 12.3. The van der Waals surface area contributed by atoms with Gasteiger partial charge in [0.1, 0.15) is 5.75 Å². The van der Waals surface area contributed by atoms with Crippen LogP contribution in [-0.2, 0) is 9.53 Å². The summed E-state index contributed by atoms with van der Waals surface area (Å²) in [5, 5.41) is 6.59. The first kappa shape index (κ1) is 17.7. The highest BCUT2D eigenvalue weighted by atomic mass is 79.9. The lowest BCUT2D eigenvalue weighted by atomic mass is 9.95. The Morgan fingerprint density at radius 2 is 2.09 bits per heavy atom. The lowest BCUT2D eigenvalue weighted by Gasteiger charge is -2.30. The van der Waals surface area contributed by atoms with Crippen LogP contribution in [-0.4, -0.2) is 24.3 Å². The minimum atomic E-state index is -0.366. The monoisotopic (exact) mass is 398 g/mol. The minimum absolute atomic E-state index is 0.319. The van der Waals surface area contributed by atoms with E-state index < -0.39 is 0 Å². The Kier molecular flexibility index (Phi) is 6.01. The lowest BCUT2D eigenvalue weighted by Crippen LogP contribution is -2.45. The molecule has 0 unspecified atom stereocenters. The molecule has 124 valence electrons. The van der Waals surface area contributed by atoms with Crippen molar-refractivity contribution in [2.75, 3.05) is 13.2 Å². The van der Waals surface area contributed by atoms with E-state index in [1.54, 1.807) is 6.92 Å². The van der Waals surface area contributed by atoms with E-state index >= 15 is 0 Å². The first-order valence-corrected chi connectivity index (χ1v) is 8.55. The van der Waals surface area contributed by atoms with E-state index in [1.807, 2.05) is 32.0 Å². The zero-order chi connectivity index (χ0) is 17.0. The number of thiocarbonyl (C=S) groups is 1. The number of carbonyl (C=O) groups excluding carboxylic acids is 1. The van der Waals surface area contributed by atoms with Crippen molar-refractivity contribution in [2.45, 2.75) is 26.8 Å². The number of hydrogen-bond acceptors (Lipinski definition) is 4. The van der Waals surface area contributed by atoms with Crippen LogP contribution in [0, 0.1) is 0 Å². The van der Waals surface area contributed by atoms with Crippen molar-refractivity contribution in [2.24, 2.45) is 0 Å². The second kappa shape index (κ2) is 7.79. The smallest absolute Gasteiger partial charge is 0.338 e. The van der Waals surface area contributed by atoms with E-state index in [0.717, 1.165) is 15.8 Å². The van der Waals surface area contributed by atoms with Crippen molar-refractivity contribution < 1.29 is 14.3 Å². The number of allylic oxidation sites excluding steroid dienone is 1. The van der Waals surface area contributed by atoms with Gasteiger partial charge >= 0.3 is 5.97 Å². The second-order valence-electron chi connectivity index (χ2n) is 4.91. The van der Waals surface area contributed by atoms with Crippen molar-refractivity contribution in [3.8, 4) is 5.75 Å². The Bertz CT molecular complexity index is 661. The van der Waals surface area contributed by atoms with Crippen LogP contribution >= 0.6 is 28.1 Å². The predicted octanol–water partition coefficient (Wildman–Crippen LogP) is 3.20. The molecule has 23 heavy (non-hydrogen) atoms. The van der Waals surface area contributed by atoms with Crippen LogP contribution in [0.25, 0.3) is 0 Å². The summed E-state index contributed by atoms with van der Waals surface area (Å²) in [6, 6.07) is 5.33. The van der Waals surface area contributed by atoms with Crippen LogP contribution < -0.4 is 15.4 Å². The van der Waals surface area contributed by atoms with E-state index in [4.69, 9.17) is 21.7 Å². The fourth-order valence-corrected chi connectivity index (χ4v) is 3.17. The van der Waals surface area contributed by atoms with Gasteiger partial charge in [-0.3, -0.25) is 0 Å². The van der Waals surface area contributed by atoms with Gasteiger partial charge in [0.25, 0.3) is 0 Å². The van der Waals surface area contributed by atoms with Crippen LogP contribution in [0.5, 0.6) is 5.75 Å². The van der Waals surface area contributed by atoms with E-state index in [0.29, 0.717) is 29.6 Å². The van der Waals surface area contributed by atoms with Gasteiger partial charge < -0.3 is 20.1 Å². The van der Waals surface area contributed by atoms with Crippen LogP contribution in [0.2, 0.25) is 0 Å². The number of ether oxygens (including phenoxy) is 2. The van der Waals surface area contributed by atoms with Gasteiger partial charge in [-0.15, -0.1) is 0 Å². The fraction of sp³-hybridized carbons (Fsp3) is 0.375. The van der Waals surface area contributed by atoms with Crippen molar-refractivity contribution in [1.29, 1.82) is 0 Å². The van der Waals surface area contributed by atoms with Crippen LogP contribution in [0.15, 0.2) is 33.9 Å². The lowest BCUT2D eigenvalue weighted by molar-refractivity contribution is -0.139. The molecule has 0 aliphatic carbocycles. The largest absolute Gasteiger partial charge is 0.493 e. The maximum Gasteiger partial charge on any atom is 0.338 e. The summed E-state index contributed by atoms with van der Waals surface area (Å²) < 4.78 is 11.5. The van der Waals surface area contributed by atoms with Gasteiger partial charge in [0.05, 0.1) is 29.3 Å². The van der Waals surface area contributed by atoms with E-state index in [2.05, 4.69) is 26.6 Å². The van der Waals surface area contributed by atoms with Gasteiger partial charge in [-0.1, -0.05) is 6.07 Å².